The van der Waals surface area contributed by atoms with Gasteiger partial charge in [0.25, 0.3) is 5.91 Å². The second-order valence-electron chi connectivity index (χ2n) is 8.11. The lowest BCUT2D eigenvalue weighted by atomic mass is 9.89. The van der Waals surface area contributed by atoms with Crippen molar-refractivity contribution in [1.29, 1.82) is 0 Å². The van der Waals surface area contributed by atoms with Crippen LogP contribution in [0, 0.1) is 5.82 Å². The largest absolute Gasteiger partial charge is 0.493 e. The summed E-state index contributed by atoms with van der Waals surface area (Å²) < 4.78 is 31.8. The SMILES string of the molecule is COc1ccc2cc1OCCCNC(=O)c1cc(ccc1F)Oc1ccc3c(c1)CCNC23.Cl. The van der Waals surface area contributed by atoms with Gasteiger partial charge in [-0.1, -0.05) is 12.1 Å². The maximum absolute atomic E-state index is 14.3. The molecule has 1 atom stereocenters. The Labute approximate surface area is 203 Å². The Morgan fingerprint density at radius 2 is 1.85 bits per heavy atom. The molecule has 8 heteroatoms. The summed E-state index contributed by atoms with van der Waals surface area (Å²) in [6.45, 7) is 1.55. The average Bonchev–Trinajstić information content (AvgIpc) is 2.83. The molecule has 6 nitrogen and oxygen atoms in total. The highest BCUT2D eigenvalue weighted by molar-refractivity contribution is 5.94. The third-order valence-electron chi connectivity index (χ3n) is 5.97. The van der Waals surface area contributed by atoms with Gasteiger partial charge in [-0.15, -0.1) is 12.4 Å². The van der Waals surface area contributed by atoms with Crippen LogP contribution in [-0.4, -0.2) is 32.7 Å². The van der Waals surface area contributed by atoms with Gasteiger partial charge in [0.1, 0.15) is 17.3 Å². The number of methoxy groups -OCH3 is 1. The smallest absolute Gasteiger partial charge is 0.254 e. The van der Waals surface area contributed by atoms with Gasteiger partial charge in [0.15, 0.2) is 11.5 Å². The zero-order chi connectivity index (χ0) is 22.8. The van der Waals surface area contributed by atoms with Gasteiger partial charge in [-0.05, 0) is 72.0 Å². The summed E-state index contributed by atoms with van der Waals surface area (Å²) in [5.74, 6) is 1.28. The molecule has 3 aliphatic heterocycles. The maximum atomic E-state index is 14.3. The van der Waals surface area contributed by atoms with Crippen molar-refractivity contribution in [2.45, 2.75) is 18.9 Å². The molecule has 3 heterocycles. The van der Waals surface area contributed by atoms with Crippen LogP contribution in [0.5, 0.6) is 23.0 Å². The summed E-state index contributed by atoms with van der Waals surface area (Å²) in [6, 6.07) is 16.1. The number of fused-ring (bicyclic) bond motifs is 6. The number of hydrogen-bond donors (Lipinski definition) is 2. The molecule has 8 bridgehead atoms. The molecule has 0 radical (unpaired) electrons. The topological polar surface area (TPSA) is 68.8 Å². The van der Waals surface area contributed by atoms with E-state index in [0.717, 1.165) is 18.5 Å². The lowest BCUT2D eigenvalue weighted by Gasteiger charge is -2.28. The van der Waals surface area contributed by atoms with Crippen LogP contribution in [0.4, 0.5) is 4.39 Å². The van der Waals surface area contributed by atoms with Crippen LogP contribution in [0.2, 0.25) is 0 Å². The molecule has 3 aliphatic rings. The normalized spacial score (nSPS) is 17.2. The quantitative estimate of drug-likeness (QED) is 0.519. The zero-order valence-corrected chi connectivity index (χ0v) is 19.5. The van der Waals surface area contributed by atoms with E-state index < -0.39 is 11.7 Å². The van der Waals surface area contributed by atoms with Crippen LogP contribution in [0.25, 0.3) is 0 Å². The third kappa shape index (κ3) is 4.81. The Balaban J connectivity index is 0.00000274. The molecule has 1 amide bonds. The number of hydrogen-bond acceptors (Lipinski definition) is 5. The Hall–Kier alpha value is -3.29. The summed E-state index contributed by atoms with van der Waals surface area (Å²) in [4.78, 5) is 12.5. The van der Waals surface area contributed by atoms with E-state index in [4.69, 9.17) is 14.2 Å². The van der Waals surface area contributed by atoms with Crippen molar-refractivity contribution in [3.05, 3.63) is 82.7 Å². The maximum Gasteiger partial charge on any atom is 0.254 e. The lowest BCUT2D eigenvalue weighted by molar-refractivity contribution is 0.0947. The van der Waals surface area contributed by atoms with Crippen molar-refractivity contribution in [3.8, 4) is 23.0 Å². The van der Waals surface area contributed by atoms with Crippen molar-refractivity contribution in [2.75, 3.05) is 26.8 Å². The van der Waals surface area contributed by atoms with Crippen molar-refractivity contribution >= 4 is 18.3 Å². The van der Waals surface area contributed by atoms with E-state index in [-0.39, 0.29) is 24.0 Å². The molecule has 178 valence electrons. The first-order valence-corrected chi connectivity index (χ1v) is 11.0. The van der Waals surface area contributed by atoms with Gasteiger partial charge in [0, 0.05) is 13.1 Å². The van der Waals surface area contributed by atoms with Crippen LogP contribution in [0.3, 0.4) is 0 Å². The van der Waals surface area contributed by atoms with E-state index in [1.807, 2.05) is 36.4 Å². The van der Waals surface area contributed by atoms with Gasteiger partial charge in [-0.3, -0.25) is 4.79 Å². The molecule has 0 aliphatic carbocycles. The molecule has 34 heavy (non-hydrogen) atoms. The lowest BCUT2D eigenvalue weighted by Crippen LogP contribution is -2.30. The summed E-state index contributed by atoms with van der Waals surface area (Å²) >= 11 is 0. The molecule has 0 aromatic heterocycles. The predicted molar refractivity (Wildman–Crippen MR) is 129 cm³/mol. The van der Waals surface area contributed by atoms with E-state index in [1.165, 1.54) is 29.3 Å². The first kappa shape index (κ1) is 23.9. The molecule has 0 saturated heterocycles. The van der Waals surface area contributed by atoms with Crippen LogP contribution in [-0.2, 0) is 6.42 Å². The number of carbonyl (C=O) groups is 1. The Bertz CT molecular complexity index is 1200. The molecular formula is C26H26ClFN2O4. The second-order valence-corrected chi connectivity index (χ2v) is 8.11. The Morgan fingerprint density at radius 1 is 1.03 bits per heavy atom. The van der Waals surface area contributed by atoms with Gasteiger partial charge in [0.05, 0.1) is 25.3 Å². The van der Waals surface area contributed by atoms with Crippen molar-refractivity contribution in [2.24, 2.45) is 0 Å². The van der Waals surface area contributed by atoms with Crippen molar-refractivity contribution < 1.29 is 23.4 Å². The number of nitrogens with one attached hydrogen (secondary N) is 2. The summed E-state index contributed by atoms with van der Waals surface area (Å²) in [7, 11) is 1.61. The van der Waals surface area contributed by atoms with Gasteiger partial charge in [-0.25, -0.2) is 4.39 Å². The summed E-state index contributed by atoms with van der Waals surface area (Å²) in [5.41, 5.74) is 3.38. The van der Waals surface area contributed by atoms with Crippen LogP contribution >= 0.6 is 12.4 Å². The van der Waals surface area contributed by atoms with E-state index in [2.05, 4.69) is 10.6 Å². The molecular weight excluding hydrogens is 459 g/mol. The first-order chi connectivity index (χ1) is 16.1. The fourth-order valence-electron chi connectivity index (χ4n) is 4.32. The fourth-order valence-corrected chi connectivity index (χ4v) is 4.32. The highest BCUT2D eigenvalue weighted by atomic mass is 35.5. The van der Waals surface area contributed by atoms with Crippen LogP contribution in [0.1, 0.15) is 39.5 Å². The number of halogens is 2. The minimum absolute atomic E-state index is 0. The monoisotopic (exact) mass is 484 g/mol. The standard InChI is InChI=1S/C26H25FN2O4.ClH/c1-31-23-8-3-17-14-24(23)32-12-2-10-29-26(30)21-15-19(5-7-22(21)27)33-18-4-6-20-16(13-18)9-11-28-25(17)20;/h3-8,13-15,25,28H,2,9-12H2,1H3,(H,29,30);1H. The first-order valence-electron chi connectivity index (χ1n) is 11.0. The summed E-state index contributed by atoms with van der Waals surface area (Å²) in [6.07, 6.45) is 1.42. The van der Waals surface area contributed by atoms with Gasteiger partial charge >= 0.3 is 0 Å². The van der Waals surface area contributed by atoms with E-state index >= 15 is 0 Å². The molecule has 3 aromatic rings. The van der Waals surface area contributed by atoms with Crippen LogP contribution < -0.4 is 24.8 Å². The van der Waals surface area contributed by atoms with E-state index in [9.17, 15) is 9.18 Å². The number of carbonyl (C=O) groups excluding carboxylic acids is 1. The molecule has 2 N–H and O–H groups in total. The molecule has 0 fully saturated rings. The minimum atomic E-state index is -0.591. The molecule has 6 rings (SSSR count). The number of rotatable bonds is 1. The Morgan fingerprint density at radius 3 is 2.71 bits per heavy atom. The minimum Gasteiger partial charge on any atom is -0.493 e. The fraction of sp³-hybridized carbons (Fsp3) is 0.269. The second kappa shape index (κ2) is 10.3. The molecule has 0 spiro atoms. The van der Waals surface area contributed by atoms with Gasteiger partial charge < -0.3 is 24.8 Å². The van der Waals surface area contributed by atoms with E-state index in [0.29, 0.717) is 42.6 Å². The summed E-state index contributed by atoms with van der Waals surface area (Å²) in [5, 5.41) is 6.34. The van der Waals surface area contributed by atoms with Gasteiger partial charge in [0.2, 0.25) is 0 Å². The van der Waals surface area contributed by atoms with Crippen molar-refractivity contribution in [1.82, 2.24) is 10.6 Å². The molecule has 1 unspecified atom stereocenters. The predicted octanol–water partition coefficient (Wildman–Crippen LogP) is 4.80. The van der Waals surface area contributed by atoms with Gasteiger partial charge in [-0.2, -0.15) is 0 Å². The Kier molecular flexibility index (Phi) is 7.24. The van der Waals surface area contributed by atoms with Crippen molar-refractivity contribution in [3.63, 3.8) is 0 Å². The third-order valence-corrected chi connectivity index (χ3v) is 5.97. The number of benzene rings is 3. The number of amides is 1. The highest BCUT2D eigenvalue weighted by Crippen LogP contribution is 2.36. The average molecular weight is 485 g/mol. The van der Waals surface area contributed by atoms with Crippen LogP contribution in [0.15, 0.2) is 54.6 Å². The zero-order valence-electron chi connectivity index (χ0n) is 18.7. The van der Waals surface area contributed by atoms with E-state index in [1.54, 1.807) is 7.11 Å². The highest BCUT2D eigenvalue weighted by Gasteiger charge is 2.23. The molecule has 3 aromatic carbocycles. The number of ether oxygens (including phenoxy) is 3. The molecule has 0 saturated carbocycles.